The number of nitrogens with zero attached hydrogens (tertiary/aromatic N) is 4. The molecular formula is C22H25N5O3S. The second kappa shape index (κ2) is 6.75. The molecule has 1 saturated carbocycles. The molecule has 3 atom stereocenters. The highest BCUT2D eigenvalue weighted by Gasteiger charge is 2.53. The molecule has 2 N–H and O–H groups in total. The highest BCUT2D eigenvalue weighted by atomic mass is 32.2. The summed E-state index contributed by atoms with van der Waals surface area (Å²) in [5, 5.41) is 11.6. The first kappa shape index (κ1) is 19.2. The second-order valence-corrected chi connectivity index (χ2v) is 10.9. The van der Waals surface area contributed by atoms with Crippen LogP contribution in [0.25, 0.3) is 11.3 Å². The molecule has 31 heavy (non-hydrogen) atoms. The van der Waals surface area contributed by atoms with Gasteiger partial charge in [-0.1, -0.05) is 24.3 Å². The van der Waals surface area contributed by atoms with Crippen molar-refractivity contribution in [3.8, 4) is 11.3 Å². The van der Waals surface area contributed by atoms with Gasteiger partial charge in [-0.25, -0.2) is 18.4 Å². The van der Waals surface area contributed by atoms with E-state index in [1.54, 1.807) is 0 Å². The SMILES string of the molecule is O=S(=O)(c1c[nH]cn1)N1CCC2(CCC(C3c4ccccc4-c4cncn43)C2O)CC1. The third kappa shape index (κ3) is 2.69. The molecule has 3 aliphatic rings. The monoisotopic (exact) mass is 439 g/mol. The Balaban J connectivity index is 1.25. The Labute approximate surface area is 181 Å². The number of rotatable bonds is 3. The number of hydrogen-bond donors (Lipinski definition) is 2. The number of fused-ring (bicyclic) bond motifs is 3. The van der Waals surface area contributed by atoms with E-state index in [4.69, 9.17) is 0 Å². The van der Waals surface area contributed by atoms with Gasteiger partial charge in [0.25, 0.3) is 10.0 Å². The van der Waals surface area contributed by atoms with E-state index in [1.165, 1.54) is 28.0 Å². The predicted octanol–water partition coefficient (Wildman–Crippen LogP) is 2.42. The number of aromatic amines is 1. The number of piperidine rings is 1. The molecule has 2 fully saturated rings. The van der Waals surface area contributed by atoms with Crippen LogP contribution in [-0.2, 0) is 10.0 Å². The number of aliphatic hydroxyl groups excluding tert-OH is 1. The molecule has 3 unspecified atom stereocenters. The normalized spacial score (nSPS) is 27.5. The van der Waals surface area contributed by atoms with Crippen LogP contribution in [0, 0.1) is 11.3 Å². The zero-order chi connectivity index (χ0) is 21.2. The number of imidazole rings is 2. The zero-order valence-corrected chi connectivity index (χ0v) is 17.9. The Hall–Kier alpha value is -2.49. The molecule has 3 aromatic rings. The topological polar surface area (TPSA) is 104 Å². The van der Waals surface area contributed by atoms with Crippen molar-refractivity contribution in [2.75, 3.05) is 13.1 Å². The Kier molecular flexibility index (Phi) is 4.19. The van der Waals surface area contributed by atoms with Crippen molar-refractivity contribution < 1.29 is 13.5 Å². The van der Waals surface area contributed by atoms with Crippen LogP contribution in [-0.4, -0.2) is 56.5 Å². The van der Waals surface area contributed by atoms with Crippen LogP contribution in [0.3, 0.4) is 0 Å². The molecule has 4 heterocycles. The Morgan fingerprint density at radius 2 is 1.97 bits per heavy atom. The lowest BCUT2D eigenvalue weighted by Crippen LogP contribution is -2.47. The number of H-pyrrole nitrogens is 1. The Morgan fingerprint density at radius 1 is 1.16 bits per heavy atom. The first-order valence-electron chi connectivity index (χ1n) is 10.8. The van der Waals surface area contributed by atoms with Crippen molar-refractivity contribution in [2.45, 2.75) is 42.9 Å². The van der Waals surface area contributed by atoms with Gasteiger partial charge in [0.05, 0.1) is 36.7 Å². The maximum absolute atomic E-state index is 12.8. The number of nitrogens with one attached hydrogen (secondary N) is 1. The Morgan fingerprint density at radius 3 is 2.74 bits per heavy atom. The average molecular weight is 440 g/mol. The first-order valence-corrected chi connectivity index (χ1v) is 12.2. The molecule has 162 valence electrons. The van der Waals surface area contributed by atoms with Gasteiger partial charge < -0.3 is 14.7 Å². The van der Waals surface area contributed by atoms with Crippen LogP contribution in [0.1, 0.15) is 37.3 Å². The van der Waals surface area contributed by atoms with Crippen molar-refractivity contribution in [3.05, 3.63) is 54.9 Å². The lowest BCUT2D eigenvalue weighted by Gasteiger charge is -2.42. The van der Waals surface area contributed by atoms with Gasteiger partial charge in [0.15, 0.2) is 5.03 Å². The van der Waals surface area contributed by atoms with Crippen LogP contribution in [0.15, 0.2) is 54.3 Å². The summed E-state index contributed by atoms with van der Waals surface area (Å²) in [7, 11) is -3.59. The number of aliphatic hydroxyl groups is 1. The van der Waals surface area contributed by atoms with E-state index in [-0.39, 0.29) is 22.4 Å². The molecule has 2 aromatic heterocycles. The molecule has 2 aliphatic heterocycles. The minimum absolute atomic E-state index is 0.0588. The van der Waals surface area contributed by atoms with E-state index in [2.05, 4.69) is 37.7 Å². The van der Waals surface area contributed by atoms with Gasteiger partial charge in [-0.2, -0.15) is 4.31 Å². The molecular weight excluding hydrogens is 414 g/mol. The summed E-state index contributed by atoms with van der Waals surface area (Å²) in [5.74, 6) is 0.0890. The van der Waals surface area contributed by atoms with Gasteiger partial charge >= 0.3 is 0 Å². The van der Waals surface area contributed by atoms with Crippen molar-refractivity contribution >= 4 is 10.0 Å². The number of benzene rings is 1. The number of hydrogen-bond acceptors (Lipinski definition) is 5. The smallest absolute Gasteiger partial charge is 0.262 e. The van der Waals surface area contributed by atoms with Gasteiger partial charge in [0.2, 0.25) is 0 Å². The van der Waals surface area contributed by atoms with Crippen LogP contribution >= 0.6 is 0 Å². The molecule has 0 radical (unpaired) electrons. The fraction of sp³-hybridized carbons (Fsp3) is 0.455. The van der Waals surface area contributed by atoms with Crippen molar-refractivity contribution in [1.29, 1.82) is 0 Å². The minimum atomic E-state index is -3.59. The first-order chi connectivity index (χ1) is 15.0. The standard InChI is InChI=1S/C22H25N5O3S/c28-21-17(20-16-4-2-1-3-15(16)18-11-24-14-27(18)20)5-6-22(21)7-9-26(10-8-22)31(29,30)19-12-23-13-25-19/h1-4,11-14,17,20-21,28H,5-10H2,(H,23,25). The highest BCUT2D eigenvalue weighted by Crippen LogP contribution is 2.56. The highest BCUT2D eigenvalue weighted by molar-refractivity contribution is 7.89. The third-order valence-corrected chi connectivity index (χ3v) is 9.53. The average Bonchev–Trinajstić information content (AvgIpc) is 3.56. The van der Waals surface area contributed by atoms with Crippen LogP contribution in [0.5, 0.6) is 0 Å². The van der Waals surface area contributed by atoms with E-state index in [0.29, 0.717) is 25.9 Å². The molecule has 1 aliphatic carbocycles. The second-order valence-electron chi connectivity index (χ2n) is 9.04. The van der Waals surface area contributed by atoms with Crippen LogP contribution < -0.4 is 0 Å². The molecule has 1 spiro atoms. The Bertz CT molecular complexity index is 1210. The minimum Gasteiger partial charge on any atom is -0.392 e. The van der Waals surface area contributed by atoms with Gasteiger partial charge in [-0.05, 0) is 36.7 Å². The molecule has 0 amide bonds. The van der Waals surface area contributed by atoms with Gasteiger partial charge in [-0.3, -0.25) is 0 Å². The molecule has 1 saturated heterocycles. The van der Waals surface area contributed by atoms with Crippen molar-refractivity contribution in [3.63, 3.8) is 0 Å². The third-order valence-electron chi connectivity index (χ3n) is 7.73. The van der Waals surface area contributed by atoms with Crippen LogP contribution in [0.2, 0.25) is 0 Å². The quantitative estimate of drug-likeness (QED) is 0.652. The maximum Gasteiger partial charge on any atom is 0.262 e. The van der Waals surface area contributed by atoms with E-state index < -0.39 is 16.1 Å². The summed E-state index contributed by atoms with van der Waals surface area (Å²) < 4.78 is 29.4. The molecule has 0 bridgehead atoms. The fourth-order valence-electron chi connectivity index (χ4n) is 6.09. The summed E-state index contributed by atoms with van der Waals surface area (Å²) in [6.07, 6.45) is 9.26. The molecule has 1 aromatic carbocycles. The van der Waals surface area contributed by atoms with Crippen molar-refractivity contribution in [2.24, 2.45) is 11.3 Å². The zero-order valence-electron chi connectivity index (χ0n) is 17.1. The van der Waals surface area contributed by atoms with E-state index in [1.807, 2.05) is 18.6 Å². The summed E-state index contributed by atoms with van der Waals surface area (Å²) in [6.45, 7) is 0.826. The summed E-state index contributed by atoms with van der Waals surface area (Å²) in [5.41, 5.74) is 3.31. The number of sulfonamides is 1. The van der Waals surface area contributed by atoms with Gasteiger partial charge in [0, 0.05) is 30.8 Å². The lowest BCUT2D eigenvalue weighted by atomic mass is 9.73. The number of aromatic nitrogens is 4. The fourth-order valence-corrected chi connectivity index (χ4v) is 7.42. The van der Waals surface area contributed by atoms with Crippen molar-refractivity contribution in [1.82, 2.24) is 23.8 Å². The molecule has 6 rings (SSSR count). The predicted molar refractivity (Wildman–Crippen MR) is 114 cm³/mol. The van der Waals surface area contributed by atoms with E-state index >= 15 is 0 Å². The lowest BCUT2D eigenvalue weighted by molar-refractivity contribution is -0.0146. The summed E-state index contributed by atoms with van der Waals surface area (Å²) in [4.78, 5) is 11.0. The van der Waals surface area contributed by atoms with E-state index in [9.17, 15) is 13.5 Å². The maximum atomic E-state index is 12.8. The van der Waals surface area contributed by atoms with E-state index in [0.717, 1.165) is 18.5 Å². The van der Waals surface area contributed by atoms with Crippen LogP contribution in [0.4, 0.5) is 0 Å². The largest absolute Gasteiger partial charge is 0.392 e. The summed E-state index contributed by atoms with van der Waals surface area (Å²) in [6, 6.07) is 8.46. The molecule has 8 nitrogen and oxygen atoms in total. The van der Waals surface area contributed by atoms with Gasteiger partial charge in [-0.15, -0.1) is 0 Å². The summed E-state index contributed by atoms with van der Waals surface area (Å²) >= 11 is 0. The van der Waals surface area contributed by atoms with Gasteiger partial charge in [0.1, 0.15) is 0 Å². The molecule has 9 heteroatoms.